The number of rotatable bonds is 6. The van der Waals surface area contributed by atoms with Crippen LogP contribution in [-0.2, 0) is 24.2 Å². The third-order valence-corrected chi connectivity index (χ3v) is 7.48. The smallest absolute Gasteiger partial charge is 0.303 e. The second-order valence-corrected chi connectivity index (χ2v) is 9.38. The predicted octanol–water partition coefficient (Wildman–Crippen LogP) is 4.13. The molecule has 0 heterocycles. The minimum absolute atomic E-state index is 0.00413. The Hall–Kier alpha value is -2.47. The van der Waals surface area contributed by atoms with Crippen LogP contribution in [0, 0.1) is 5.92 Å². The number of ether oxygens (including phenoxy) is 1. The summed E-state index contributed by atoms with van der Waals surface area (Å²) >= 11 is 0. The Bertz CT molecular complexity index is 1010. The largest absolute Gasteiger partial charge is 0.446 e. The van der Waals surface area contributed by atoms with Crippen molar-refractivity contribution in [2.24, 2.45) is 5.92 Å². The van der Waals surface area contributed by atoms with E-state index in [0.29, 0.717) is 24.8 Å². The molecule has 1 aliphatic carbocycles. The maximum absolute atomic E-state index is 13.5. The molecule has 1 aliphatic rings. The van der Waals surface area contributed by atoms with Gasteiger partial charge in [0, 0.05) is 25.7 Å². The molecule has 6 heteroatoms. The van der Waals surface area contributed by atoms with Crippen molar-refractivity contribution in [3.63, 3.8) is 0 Å². The van der Waals surface area contributed by atoms with E-state index in [1.807, 2.05) is 36.4 Å². The number of benzene rings is 2. The topological polar surface area (TPSA) is 77.5 Å². The van der Waals surface area contributed by atoms with Crippen molar-refractivity contribution in [2.75, 3.05) is 0 Å². The number of fused-ring (bicyclic) bond motifs is 1. The fourth-order valence-corrected chi connectivity index (χ4v) is 6.00. The molecule has 28 heavy (non-hydrogen) atoms. The summed E-state index contributed by atoms with van der Waals surface area (Å²) in [5, 5.41) is 0.887. The van der Waals surface area contributed by atoms with E-state index >= 15 is 0 Å². The van der Waals surface area contributed by atoms with Gasteiger partial charge in [0.1, 0.15) is 11.0 Å². The molecule has 0 spiro atoms. The van der Waals surface area contributed by atoms with Crippen LogP contribution in [0.15, 0.2) is 55.1 Å². The van der Waals surface area contributed by atoms with Gasteiger partial charge in [-0.15, -0.1) is 6.58 Å². The van der Waals surface area contributed by atoms with E-state index in [0.717, 1.165) is 10.8 Å². The SMILES string of the molecule is C=CC(c1ccc2ccccc2c1)S(=O)(=O)C(OC(C)=O)C1CCCC(=O)C1. The van der Waals surface area contributed by atoms with Crippen molar-refractivity contribution in [3.05, 3.63) is 60.7 Å². The van der Waals surface area contributed by atoms with Crippen LogP contribution in [0.3, 0.4) is 0 Å². The molecule has 0 radical (unpaired) electrons. The summed E-state index contributed by atoms with van der Waals surface area (Å²) in [6.07, 6.45) is 3.05. The van der Waals surface area contributed by atoms with E-state index in [1.165, 1.54) is 13.0 Å². The number of carbonyl (C=O) groups is 2. The highest BCUT2D eigenvalue weighted by Gasteiger charge is 2.42. The summed E-state index contributed by atoms with van der Waals surface area (Å²) in [5.74, 6) is -1.20. The second-order valence-electron chi connectivity index (χ2n) is 7.22. The van der Waals surface area contributed by atoms with Gasteiger partial charge in [-0.05, 0) is 35.2 Å². The summed E-state index contributed by atoms with van der Waals surface area (Å²) < 4.78 is 32.2. The Morgan fingerprint density at radius 2 is 1.93 bits per heavy atom. The number of hydrogen-bond acceptors (Lipinski definition) is 5. The monoisotopic (exact) mass is 400 g/mol. The molecule has 148 valence electrons. The average molecular weight is 400 g/mol. The lowest BCUT2D eigenvalue weighted by molar-refractivity contribution is -0.146. The van der Waals surface area contributed by atoms with Gasteiger partial charge in [-0.2, -0.15) is 0 Å². The van der Waals surface area contributed by atoms with E-state index in [4.69, 9.17) is 4.74 Å². The van der Waals surface area contributed by atoms with E-state index in [1.54, 1.807) is 6.07 Å². The van der Waals surface area contributed by atoms with Crippen LogP contribution in [-0.4, -0.2) is 25.6 Å². The van der Waals surface area contributed by atoms with E-state index < -0.39 is 32.4 Å². The first-order chi connectivity index (χ1) is 13.3. The molecule has 2 aromatic carbocycles. The lowest BCUT2D eigenvalue weighted by Crippen LogP contribution is -2.39. The molecular weight excluding hydrogens is 376 g/mol. The minimum atomic E-state index is -3.97. The van der Waals surface area contributed by atoms with Gasteiger partial charge in [-0.3, -0.25) is 9.59 Å². The van der Waals surface area contributed by atoms with Crippen LogP contribution in [0.25, 0.3) is 10.8 Å². The molecule has 0 saturated heterocycles. The Morgan fingerprint density at radius 1 is 1.21 bits per heavy atom. The predicted molar refractivity (Wildman–Crippen MR) is 108 cm³/mol. The molecule has 3 unspecified atom stereocenters. The average Bonchev–Trinajstić information content (AvgIpc) is 2.66. The molecule has 0 aliphatic heterocycles. The summed E-state index contributed by atoms with van der Waals surface area (Å²) in [7, 11) is -3.97. The minimum Gasteiger partial charge on any atom is -0.446 e. The van der Waals surface area contributed by atoms with Crippen molar-refractivity contribution >= 4 is 32.4 Å². The molecule has 1 saturated carbocycles. The highest BCUT2D eigenvalue weighted by atomic mass is 32.2. The summed E-state index contributed by atoms with van der Waals surface area (Å²) in [4.78, 5) is 23.5. The highest BCUT2D eigenvalue weighted by molar-refractivity contribution is 7.92. The number of Topliss-reactive ketones (excluding diaryl/α,β-unsaturated/α-hetero) is 1. The van der Waals surface area contributed by atoms with Gasteiger partial charge < -0.3 is 4.74 Å². The number of hydrogen-bond donors (Lipinski definition) is 0. The summed E-state index contributed by atoms with van der Waals surface area (Å²) in [6.45, 7) is 4.91. The van der Waals surface area contributed by atoms with Crippen LogP contribution in [0.1, 0.15) is 43.4 Å². The number of esters is 1. The highest BCUT2D eigenvalue weighted by Crippen LogP contribution is 2.36. The van der Waals surface area contributed by atoms with Crippen LogP contribution in [0.5, 0.6) is 0 Å². The van der Waals surface area contributed by atoms with Gasteiger partial charge in [0.2, 0.25) is 5.44 Å². The third kappa shape index (κ3) is 4.17. The molecule has 3 rings (SSSR count). The van der Waals surface area contributed by atoms with Gasteiger partial charge in [0.25, 0.3) is 0 Å². The fraction of sp³-hybridized carbons (Fsp3) is 0.364. The van der Waals surface area contributed by atoms with E-state index in [9.17, 15) is 18.0 Å². The molecule has 0 aromatic heterocycles. The van der Waals surface area contributed by atoms with Crippen molar-refractivity contribution in [2.45, 2.75) is 43.3 Å². The second kappa shape index (κ2) is 8.27. The zero-order valence-corrected chi connectivity index (χ0v) is 16.7. The van der Waals surface area contributed by atoms with Crippen LogP contribution < -0.4 is 0 Å². The molecular formula is C22H24O5S. The number of carbonyl (C=O) groups excluding carboxylic acids is 2. The maximum atomic E-state index is 13.5. The maximum Gasteiger partial charge on any atom is 0.303 e. The first kappa shape index (κ1) is 20.3. The van der Waals surface area contributed by atoms with Gasteiger partial charge in [0.15, 0.2) is 9.84 Å². The van der Waals surface area contributed by atoms with Crippen molar-refractivity contribution < 1.29 is 22.7 Å². The lowest BCUT2D eigenvalue weighted by atomic mass is 9.89. The molecule has 0 N–H and O–H groups in total. The normalized spacial score (nSPS) is 19.8. The zero-order chi connectivity index (χ0) is 20.3. The molecule has 0 amide bonds. The summed E-state index contributed by atoms with van der Waals surface area (Å²) in [5.41, 5.74) is -0.795. The Kier molecular flexibility index (Phi) is 5.98. The third-order valence-electron chi connectivity index (χ3n) is 5.18. The first-order valence-electron chi connectivity index (χ1n) is 9.36. The Balaban J connectivity index is 2.01. The number of ketones is 1. The zero-order valence-electron chi connectivity index (χ0n) is 15.8. The molecule has 1 fully saturated rings. The summed E-state index contributed by atoms with van der Waals surface area (Å²) in [6, 6.07) is 13.1. The quantitative estimate of drug-likeness (QED) is 0.538. The van der Waals surface area contributed by atoms with Crippen LogP contribution in [0.4, 0.5) is 0 Å². The Labute approximate surface area is 165 Å². The standard InChI is InChI=1S/C22H24O5S/c1-3-21(18-12-11-16-7-4-5-8-17(16)13-18)28(25,26)22(27-15(2)23)19-9-6-10-20(24)14-19/h3-5,7-8,11-13,19,21-22H,1,6,9-10,14H2,2H3. The van der Waals surface area contributed by atoms with Gasteiger partial charge >= 0.3 is 5.97 Å². The van der Waals surface area contributed by atoms with Crippen molar-refractivity contribution in [1.82, 2.24) is 0 Å². The molecule has 3 atom stereocenters. The van der Waals surface area contributed by atoms with Crippen LogP contribution >= 0.6 is 0 Å². The Morgan fingerprint density at radius 3 is 2.57 bits per heavy atom. The lowest BCUT2D eigenvalue weighted by Gasteiger charge is -2.31. The van der Waals surface area contributed by atoms with Gasteiger partial charge in [-0.25, -0.2) is 8.42 Å². The fourth-order valence-electron chi connectivity index (χ4n) is 3.87. The molecule has 0 bridgehead atoms. The van der Waals surface area contributed by atoms with E-state index in [-0.39, 0.29) is 12.2 Å². The van der Waals surface area contributed by atoms with Crippen molar-refractivity contribution in [3.8, 4) is 0 Å². The molecule has 2 aromatic rings. The van der Waals surface area contributed by atoms with Crippen LogP contribution in [0.2, 0.25) is 0 Å². The van der Waals surface area contributed by atoms with Gasteiger partial charge in [-0.1, -0.05) is 42.5 Å². The number of sulfone groups is 1. The van der Waals surface area contributed by atoms with Crippen molar-refractivity contribution in [1.29, 1.82) is 0 Å². The first-order valence-corrected chi connectivity index (χ1v) is 11.0. The van der Waals surface area contributed by atoms with E-state index in [2.05, 4.69) is 6.58 Å². The molecule has 5 nitrogen and oxygen atoms in total. The van der Waals surface area contributed by atoms with Gasteiger partial charge in [0.05, 0.1) is 0 Å².